The number of hydrogen-bond donors (Lipinski definition) is 2. The normalized spacial score (nSPS) is 18.3. The first-order valence-corrected chi connectivity index (χ1v) is 10.2. The van der Waals surface area contributed by atoms with Crippen molar-refractivity contribution in [3.8, 4) is 0 Å². The van der Waals surface area contributed by atoms with Gasteiger partial charge in [-0.25, -0.2) is 18.4 Å². The number of nitrogens with zero attached hydrogens (tertiary/aromatic N) is 4. The van der Waals surface area contributed by atoms with Gasteiger partial charge in [-0.05, 0) is 32.4 Å². The van der Waals surface area contributed by atoms with Gasteiger partial charge >= 0.3 is 0 Å². The van der Waals surface area contributed by atoms with E-state index >= 15 is 0 Å². The maximum absolute atomic E-state index is 12.1. The monoisotopic (exact) mass is 364 g/mol. The van der Waals surface area contributed by atoms with Crippen LogP contribution in [0.25, 0.3) is 0 Å². The lowest BCUT2D eigenvalue weighted by atomic mass is 9.96. The van der Waals surface area contributed by atoms with E-state index in [4.69, 9.17) is 0 Å². The summed E-state index contributed by atoms with van der Waals surface area (Å²) in [5.41, 5.74) is 2.56. The molecule has 1 aliphatic heterocycles. The molecule has 0 aliphatic carbocycles. The minimum Gasteiger partial charge on any atom is -0.349 e. The number of rotatable bonds is 5. The quantitative estimate of drug-likeness (QED) is 0.816. The molecule has 25 heavy (non-hydrogen) atoms. The maximum atomic E-state index is 12.1. The van der Waals surface area contributed by atoms with Gasteiger partial charge in [0.1, 0.15) is 4.90 Å². The molecule has 2 N–H and O–H groups in total. The molecule has 0 bridgehead atoms. The Morgan fingerprint density at radius 2 is 2.24 bits per heavy atom. The van der Waals surface area contributed by atoms with E-state index in [0.29, 0.717) is 18.2 Å². The lowest BCUT2D eigenvalue weighted by molar-refractivity contribution is 0.448. The van der Waals surface area contributed by atoms with Crippen LogP contribution in [0.1, 0.15) is 35.8 Å². The second-order valence-corrected chi connectivity index (χ2v) is 8.50. The molecule has 2 aromatic rings. The average Bonchev–Trinajstić information content (AvgIpc) is 2.90. The van der Waals surface area contributed by atoms with Crippen molar-refractivity contribution in [2.75, 3.05) is 24.7 Å². The average molecular weight is 364 g/mol. The minimum atomic E-state index is -3.36. The zero-order valence-electron chi connectivity index (χ0n) is 14.8. The van der Waals surface area contributed by atoms with Gasteiger partial charge in [-0.15, -0.1) is 0 Å². The molecule has 1 saturated heterocycles. The van der Waals surface area contributed by atoms with Gasteiger partial charge in [-0.3, -0.25) is 4.68 Å². The van der Waals surface area contributed by atoms with Crippen molar-refractivity contribution in [3.63, 3.8) is 0 Å². The molecule has 0 aromatic carbocycles. The molecule has 0 spiro atoms. The van der Waals surface area contributed by atoms with Crippen LogP contribution in [0, 0.1) is 6.92 Å². The largest absolute Gasteiger partial charge is 0.349 e. The molecule has 9 heteroatoms. The Kier molecular flexibility index (Phi) is 5.05. The number of piperidine rings is 1. The standard InChI is InChI=1S/C16H24N6O2S/c1-11-7-13(22(2)21-11)9-18-16-19-10-14(25(3,23)24)15(20-16)12-5-4-6-17-8-12/h7,10,12,17H,4-6,8-9H2,1-3H3,(H,18,19,20). The molecular weight excluding hydrogens is 340 g/mol. The van der Waals surface area contributed by atoms with Gasteiger partial charge < -0.3 is 10.6 Å². The van der Waals surface area contributed by atoms with E-state index in [1.54, 1.807) is 4.68 Å². The summed E-state index contributed by atoms with van der Waals surface area (Å²) in [4.78, 5) is 8.97. The first kappa shape index (κ1) is 17.8. The summed E-state index contributed by atoms with van der Waals surface area (Å²) in [6.07, 6.45) is 4.56. The van der Waals surface area contributed by atoms with Gasteiger partial charge in [0.2, 0.25) is 5.95 Å². The molecule has 0 amide bonds. The molecule has 1 atom stereocenters. The third kappa shape index (κ3) is 4.16. The van der Waals surface area contributed by atoms with Crippen molar-refractivity contribution < 1.29 is 8.42 Å². The number of sulfone groups is 1. The summed E-state index contributed by atoms with van der Waals surface area (Å²) in [6.45, 7) is 4.16. The van der Waals surface area contributed by atoms with Crippen LogP contribution in [0.2, 0.25) is 0 Å². The van der Waals surface area contributed by atoms with Crippen LogP contribution in [-0.2, 0) is 23.4 Å². The van der Waals surface area contributed by atoms with Crippen molar-refractivity contribution >= 4 is 15.8 Å². The molecule has 2 aromatic heterocycles. The fraction of sp³-hybridized carbons (Fsp3) is 0.562. The summed E-state index contributed by atoms with van der Waals surface area (Å²) < 4.78 is 26.0. The molecule has 8 nitrogen and oxygen atoms in total. The van der Waals surface area contributed by atoms with Crippen molar-refractivity contribution in [2.45, 2.75) is 37.1 Å². The Bertz CT molecular complexity index is 856. The van der Waals surface area contributed by atoms with E-state index in [1.165, 1.54) is 12.5 Å². The number of aromatic nitrogens is 4. The highest BCUT2D eigenvalue weighted by atomic mass is 32.2. The lowest BCUT2D eigenvalue weighted by Crippen LogP contribution is -2.30. The second-order valence-electron chi connectivity index (χ2n) is 6.51. The molecule has 0 radical (unpaired) electrons. The zero-order valence-corrected chi connectivity index (χ0v) is 15.6. The summed E-state index contributed by atoms with van der Waals surface area (Å²) in [6, 6.07) is 1.99. The topological polar surface area (TPSA) is 102 Å². The minimum absolute atomic E-state index is 0.0842. The predicted octanol–water partition coefficient (Wildman–Crippen LogP) is 1.00. The van der Waals surface area contributed by atoms with Gasteiger partial charge in [0.25, 0.3) is 0 Å². The molecule has 3 heterocycles. The smallest absolute Gasteiger partial charge is 0.223 e. The SMILES string of the molecule is Cc1cc(CNc2ncc(S(C)(=O)=O)c(C3CCCNC3)n2)n(C)n1. The van der Waals surface area contributed by atoms with E-state index < -0.39 is 9.84 Å². The highest BCUT2D eigenvalue weighted by Gasteiger charge is 2.25. The fourth-order valence-corrected chi connectivity index (χ4v) is 3.97. The molecule has 1 aliphatic rings. The number of nitrogens with one attached hydrogen (secondary N) is 2. The molecular formula is C16H24N6O2S. The highest BCUT2D eigenvalue weighted by molar-refractivity contribution is 7.90. The van der Waals surface area contributed by atoms with Gasteiger partial charge in [0, 0.05) is 25.8 Å². The van der Waals surface area contributed by atoms with Crippen LogP contribution in [0.4, 0.5) is 5.95 Å². The van der Waals surface area contributed by atoms with Gasteiger partial charge in [-0.2, -0.15) is 5.10 Å². The fourth-order valence-electron chi connectivity index (χ4n) is 3.13. The van der Waals surface area contributed by atoms with E-state index in [-0.39, 0.29) is 10.8 Å². The number of hydrogen-bond acceptors (Lipinski definition) is 7. The lowest BCUT2D eigenvalue weighted by Gasteiger charge is -2.24. The Hall–Kier alpha value is -2.00. The number of aryl methyl sites for hydroxylation is 2. The van der Waals surface area contributed by atoms with Crippen molar-refractivity contribution in [3.05, 3.63) is 29.3 Å². The van der Waals surface area contributed by atoms with Crippen LogP contribution in [-0.4, -0.2) is 47.5 Å². The summed E-state index contributed by atoms with van der Waals surface area (Å²) in [5, 5.41) is 10.8. The van der Waals surface area contributed by atoms with E-state index in [9.17, 15) is 8.42 Å². The molecule has 0 saturated carbocycles. The van der Waals surface area contributed by atoms with E-state index in [1.807, 2.05) is 20.0 Å². The van der Waals surface area contributed by atoms with Gasteiger partial charge in [0.05, 0.1) is 29.8 Å². The second kappa shape index (κ2) is 7.09. The van der Waals surface area contributed by atoms with E-state index in [2.05, 4.69) is 25.7 Å². The van der Waals surface area contributed by atoms with Crippen molar-refractivity contribution in [2.24, 2.45) is 7.05 Å². The predicted molar refractivity (Wildman–Crippen MR) is 95.3 cm³/mol. The van der Waals surface area contributed by atoms with Crippen molar-refractivity contribution in [1.82, 2.24) is 25.1 Å². The van der Waals surface area contributed by atoms with Crippen LogP contribution in [0.3, 0.4) is 0 Å². The maximum Gasteiger partial charge on any atom is 0.223 e. The Morgan fingerprint density at radius 1 is 1.44 bits per heavy atom. The Balaban J connectivity index is 1.86. The Morgan fingerprint density at radius 3 is 2.84 bits per heavy atom. The third-order valence-electron chi connectivity index (χ3n) is 4.39. The summed E-state index contributed by atoms with van der Waals surface area (Å²) >= 11 is 0. The molecule has 3 rings (SSSR count). The summed E-state index contributed by atoms with van der Waals surface area (Å²) in [5.74, 6) is 0.521. The van der Waals surface area contributed by atoms with Crippen LogP contribution < -0.4 is 10.6 Å². The first-order valence-electron chi connectivity index (χ1n) is 8.35. The van der Waals surface area contributed by atoms with Gasteiger partial charge in [0.15, 0.2) is 9.84 Å². The highest BCUT2D eigenvalue weighted by Crippen LogP contribution is 2.28. The first-order chi connectivity index (χ1) is 11.8. The summed E-state index contributed by atoms with van der Waals surface area (Å²) in [7, 11) is -1.48. The molecule has 136 valence electrons. The van der Waals surface area contributed by atoms with Crippen LogP contribution in [0.15, 0.2) is 17.2 Å². The van der Waals surface area contributed by atoms with E-state index in [0.717, 1.165) is 37.3 Å². The zero-order chi connectivity index (χ0) is 18.0. The number of anilines is 1. The molecule has 1 fully saturated rings. The van der Waals surface area contributed by atoms with Gasteiger partial charge in [-0.1, -0.05) is 0 Å². The third-order valence-corrected chi connectivity index (χ3v) is 5.51. The van der Waals surface area contributed by atoms with Crippen molar-refractivity contribution in [1.29, 1.82) is 0 Å². The van der Waals surface area contributed by atoms with Crippen LogP contribution in [0.5, 0.6) is 0 Å². The van der Waals surface area contributed by atoms with Crippen LogP contribution >= 0.6 is 0 Å². The molecule has 1 unspecified atom stereocenters. The Labute approximate surface area is 148 Å².